The molecule has 210 valence electrons. The third kappa shape index (κ3) is 6.91. The average molecular weight is 578 g/mol. The summed E-state index contributed by atoms with van der Waals surface area (Å²) in [5, 5.41) is 9.03. The Morgan fingerprint density at radius 2 is 1.80 bits per heavy atom. The van der Waals surface area contributed by atoms with Gasteiger partial charge in [0.2, 0.25) is 5.91 Å². The van der Waals surface area contributed by atoms with Crippen molar-refractivity contribution in [2.24, 2.45) is 5.73 Å². The molecule has 0 bridgehead atoms. The lowest BCUT2D eigenvalue weighted by atomic mass is 9.97. The second kappa shape index (κ2) is 12.7. The van der Waals surface area contributed by atoms with Crippen LogP contribution < -0.4 is 15.4 Å². The number of thiocarbonyl (C=S) groups is 1. The lowest BCUT2D eigenvalue weighted by molar-refractivity contribution is -0.138. The molecule has 0 saturated carbocycles. The van der Waals surface area contributed by atoms with E-state index in [1.54, 1.807) is 48.9 Å². The van der Waals surface area contributed by atoms with Gasteiger partial charge in [0, 0.05) is 30.5 Å². The molecule has 4 rings (SSSR count). The number of halogens is 3. The van der Waals surface area contributed by atoms with Crippen molar-refractivity contribution < 1.29 is 22.7 Å². The molecule has 1 unspecified atom stereocenters. The van der Waals surface area contributed by atoms with Gasteiger partial charge in [-0.2, -0.15) is 18.4 Å². The van der Waals surface area contributed by atoms with Gasteiger partial charge in [-0.1, -0.05) is 42.5 Å². The van der Waals surface area contributed by atoms with Gasteiger partial charge in [0.05, 0.1) is 30.6 Å². The van der Waals surface area contributed by atoms with Crippen LogP contribution in [0.5, 0.6) is 5.75 Å². The molecular weight excluding hydrogens is 551 g/mol. The van der Waals surface area contributed by atoms with Crippen molar-refractivity contribution in [3.63, 3.8) is 0 Å². The highest BCUT2D eigenvalue weighted by Crippen LogP contribution is 2.38. The Balaban J connectivity index is 1.66. The zero-order valence-electron chi connectivity index (χ0n) is 22.0. The topological polar surface area (TPSA) is 97.2 Å². The third-order valence-corrected chi connectivity index (χ3v) is 6.76. The monoisotopic (exact) mass is 577 g/mol. The molecule has 0 aliphatic heterocycles. The molecule has 0 aliphatic rings. The van der Waals surface area contributed by atoms with Crippen molar-refractivity contribution in [3.8, 4) is 11.8 Å². The number of nitrogens with two attached hydrogens (primary N) is 1. The van der Waals surface area contributed by atoms with Crippen LogP contribution in [0, 0.1) is 11.3 Å². The summed E-state index contributed by atoms with van der Waals surface area (Å²) in [6, 6.07) is 19.2. The number of aromatic nitrogens is 2. The average Bonchev–Trinajstić information content (AvgIpc) is 3.41. The van der Waals surface area contributed by atoms with E-state index >= 15 is 0 Å². The number of anilines is 1. The molecule has 11 heteroatoms. The fourth-order valence-corrected chi connectivity index (χ4v) is 4.76. The van der Waals surface area contributed by atoms with Crippen LogP contribution in [0.15, 0.2) is 85.3 Å². The lowest BCUT2D eigenvalue weighted by Crippen LogP contribution is -2.42. The van der Waals surface area contributed by atoms with Crippen LogP contribution in [0.25, 0.3) is 0 Å². The molecule has 41 heavy (non-hydrogen) atoms. The van der Waals surface area contributed by atoms with E-state index in [0.717, 1.165) is 17.3 Å². The fraction of sp³-hybridized carbons (Fsp3) is 0.200. The number of ether oxygens (including phenoxy) is 1. The van der Waals surface area contributed by atoms with E-state index in [-0.39, 0.29) is 23.4 Å². The maximum absolute atomic E-state index is 14.0. The number of methoxy groups -OCH3 is 1. The Morgan fingerprint density at radius 3 is 2.41 bits per heavy atom. The fourth-order valence-electron chi connectivity index (χ4n) is 4.53. The number of hydrogen-bond donors (Lipinski definition) is 1. The minimum atomic E-state index is -4.69. The number of imidazole rings is 1. The Hall–Kier alpha value is -4.69. The van der Waals surface area contributed by atoms with Gasteiger partial charge in [-0.15, -0.1) is 0 Å². The molecule has 1 aromatic heterocycles. The molecule has 1 amide bonds. The summed E-state index contributed by atoms with van der Waals surface area (Å²) in [5.74, 6) is 0.0338. The van der Waals surface area contributed by atoms with Crippen LogP contribution in [-0.4, -0.2) is 27.6 Å². The first-order chi connectivity index (χ1) is 19.6. The summed E-state index contributed by atoms with van der Waals surface area (Å²) in [5.41, 5.74) is 7.45. The van der Waals surface area contributed by atoms with Crippen LogP contribution >= 0.6 is 12.2 Å². The molecule has 3 aromatic carbocycles. The van der Waals surface area contributed by atoms with Gasteiger partial charge in [0.25, 0.3) is 0 Å². The van der Waals surface area contributed by atoms with E-state index in [4.69, 9.17) is 28.0 Å². The van der Waals surface area contributed by atoms with Gasteiger partial charge < -0.3 is 15.0 Å². The van der Waals surface area contributed by atoms with Gasteiger partial charge in [-0.3, -0.25) is 9.69 Å². The van der Waals surface area contributed by atoms with Crippen molar-refractivity contribution in [2.45, 2.75) is 31.6 Å². The van der Waals surface area contributed by atoms with Gasteiger partial charge in [0.1, 0.15) is 16.8 Å². The minimum Gasteiger partial charge on any atom is -0.497 e. The van der Waals surface area contributed by atoms with Crippen molar-refractivity contribution in [2.75, 3.05) is 12.0 Å². The number of hydrogen-bond acceptors (Lipinski definition) is 5. The van der Waals surface area contributed by atoms with Crippen LogP contribution in [0.4, 0.5) is 18.9 Å². The van der Waals surface area contributed by atoms with E-state index in [2.05, 4.69) is 11.1 Å². The predicted molar refractivity (Wildman–Crippen MR) is 152 cm³/mol. The van der Waals surface area contributed by atoms with E-state index in [0.29, 0.717) is 23.5 Å². The molecule has 0 spiro atoms. The van der Waals surface area contributed by atoms with E-state index in [1.165, 1.54) is 30.2 Å². The Bertz CT molecular complexity index is 1560. The number of aryl methyl sites for hydroxylation is 1. The highest BCUT2D eigenvalue weighted by atomic mass is 32.1. The van der Waals surface area contributed by atoms with Crippen molar-refractivity contribution in [1.82, 2.24) is 9.55 Å². The first-order valence-corrected chi connectivity index (χ1v) is 12.9. The smallest absolute Gasteiger partial charge is 0.416 e. The van der Waals surface area contributed by atoms with Gasteiger partial charge >= 0.3 is 6.18 Å². The largest absolute Gasteiger partial charge is 0.497 e. The number of carbonyl (C=O) groups excluding carboxylic acids is 1. The molecule has 7 nitrogen and oxygen atoms in total. The number of carbonyl (C=O) groups is 1. The number of benzene rings is 3. The summed E-state index contributed by atoms with van der Waals surface area (Å²) in [6.45, 7) is 0.464. The maximum atomic E-state index is 14.0. The first kappa shape index (κ1) is 29.3. The Labute approximate surface area is 240 Å². The molecule has 4 aromatic rings. The van der Waals surface area contributed by atoms with E-state index in [9.17, 15) is 18.0 Å². The van der Waals surface area contributed by atoms with Gasteiger partial charge in [-0.25, -0.2) is 4.98 Å². The SMILES string of the molecule is COc1ccc(N(C(=O)CCc2cncn2Cc2ccc(C#N)cc2)C(C(N)=S)c2ccccc2C(F)(F)F)cc1. The first-order valence-electron chi connectivity index (χ1n) is 12.5. The summed E-state index contributed by atoms with van der Waals surface area (Å²) < 4.78 is 49.1. The number of nitrogens with zero attached hydrogens (tertiary/aromatic N) is 4. The number of rotatable bonds is 10. The molecule has 0 aliphatic carbocycles. The molecule has 1 atom stereocenters. The molecular formula is C30H26F3N5O2S. The Morgan fingerprint density at radius 1 is 1.12 bits per heavy atom. The van der Waals surface area contributed by atoms with Crippen LogP contribution in [0.2, 0.25) is 0 Å². The minimum absolute atomic E-state index is 0.0572. The number of nitriles is 1. The predicted octanol–water partition coefficient (Wildman–Crippen LogP) is 5.82. The highest BCUT2D eigenvalue weighted by Gasteiger charge is 2.39. The Kier molecular flexibility index (Phi) is 9.04. The summed E-state index contributed by atoms with van der Waals surface area (Å²) in [7, 11) is 1.48. The van der Waals surface area contributed by atoms with Gasteiger partial charge in [-0.05, 0) is 60.0 Å². The zero-order chi connectivity index (χ0) is 29.6. The van der Waals surface area contributed by atoms with Crippen LogP contribution in [-0.2, 0) is 23.9 Å². The number of alkyl halides is 3. The summed E-state index contributed by atoms with van der Waals surface area (Å²) >= 11 is 5.26. The normalized spacial score (nSPS) is 11.9. The van der Waals surface area contributed by atoms with Crippen LogP contribution in [0.1, 0.15) is 40.4 Å². The molecule has 0 saturated heterocycles. The van der Waals surface area contributed by atoms with Gasteiger partial charge in [0.15, 0.2) is 0 Å². The summed E-state index contributed by atoms with van der Waals surface area (Å²) in [4.78, 5) is 19.0. The summed E-state index contributed by atoms with van der Waals surface area (Å²) in [6.07, 6.45) is -1.22. The molecule has 2 N–H and O–H groups in total. The van der Waals surface area contributed by atoms with E-state index in [1.807, 2.05) is 16.7 Å². The van der Waals surface area contributed by atoms with Crippen molar-refractivity contribution in [3.05, 3.63) is 113 Å². The second-order valence-electron chi connectivity index (χ2n) is 9.17. The standard InChI is InChI=1S/C30H26F3N5O2S/c1-40-24-13-10-22(11-14-24)38(28(29(35)41)25-4-2-3-5-26(25)30(31,32)33)27(39)15-12-23-17-36-19-37(23)18-21-8-6-20(16-34)7-9-21/h2-11,13-14,17,19,28H,12,15,18H2,1H3,(H2,35,41). The van der Waals surface area contributed by atoms with E-state index < -0.39 is 23.7 Å². The second-order valence-corrected chi connectivity index (χ2v) is 9.64. The molecule has 0 radical (unpaired) electrons. The number of amides is 1. The van der Waals surface area contributed by atoms with Crippen molar-refractivity contribution in [1.29, 1.82) is 5.26 Å². The molecule has 0 fully saturated rings. The quantitative estimate of drug-likeness (QED) is 0.239. The lowest BCUT2D eigenvalue weighted by Gasteiger charge is -2.33. The highest BCUT2D eigenvalue weighted by molar-refractivity contribution is 7.80. The zero-order valence-corrected chi connectivity index (χ0v) is 22.8. The van der Waals surface area contributed by atoms with Crippen LogP contribution in [0.3, 0.4) is 0 Å². The maximum Gasteiger partial charge on any atom is 0.416 e. The third-order valence-electron chi connectivity index (χ3n) is 6.54. The molecule has 1 heterocycles. The van der Waals surface area contributed by atoms with Crippen molar-refractivity contribution >= 4 is 28.8 Å².